The first kappa shape index (κ1) is 14.3. The van der Waals surface area contributed by atoms with Gasteiger partial charge in [-0.2, -0.15) is 0 Å². The van der Waals surface area contributed by atoms with E-state index in [0.29, 0.717) is 0 Å². The van der Waals surface area contributed by atoms with Crippen molar-refractivity contribution < 1.29 is 9.90 Å². The molecule has 0 spiro atoms. The molecule has 3 rings (SSSR count). The molecule has 1 aliphatic rings. The summed E-state index contributed by atoms with van der Waals surface area (Å²) in [6.07, 6.45) is 1.85. The van der Waals surface area contributed by atoms with E-state index in [4.69, 9.17) is 0 Å². The van der Waals surface area contributed by atoms with Crippen molar-refractivity contribution in [2.45, 2.75) is 31.8 Å². The number of aliphatic carboxylic acids is 1. The van der Waals surface area contributed by atoms with Crippen LogP contribution in [0.5, 0.6) is 0 Å². The first-order chi connectivity index (χ1) is 10.2. The van der Waals surface area contributed by atoms with Crippen LogP contribution in [0.3, 0.4) is 0 Å². The summed E-state index contributed by atoms with van der Waals surface area (Å²) in [6.45, 7) is 2.93. The lowest BCUT2D eigenvalue weighted by atomic mass is 9.94. The minimum atomic E-state index is -0.747. The second-order valence-corrected chi connectivity index (χ2v) is 6.36. The quantitative estimate of drug-likeness (QED) is 0.931. The van der Waals surface area contributed by atoms with E-state index < -0.39 is 12.0 Å². The van der Waals surface area contributed by atoms with Crippen molar-refractivity contribution in [3.63, 3.8) is 0 Å². The van der Waals surface area contributed by atoms with Crippen LogP contribution in [-0.4, -0.2) is 22.5 Å². The Morgan fingerprint density at radius 3 is 2.81 bits per heavy atom. The predicted octanol–water partition coefficient (Wildman–Crippen LogP) is 3.88. The molecule has 0 fully saturated rings. The molecule has 0 amide bonds. The Kier molecular flexibility index (Phi) is 4.08. The van der Waals surface area contributed by atoms with Gasteiger partial charge in [-0.3, -0.25) is 9.69 Å². The van der Waals surface area contributed by atoms with Gasteiger partial charge in [-0.15, -0.1) is 11.3 Å². The summed E-state index contributed by atoms with van der Waals surface area (Å²) in [5.74, 6) is -0.747. The van der Waals surface area contributed by atoms with Crippen LogP contribution in [0.25, 0.3) is 0 Å². The minimum Gasteiger partial charge on any atom is -0.480 e. The third-order valence-electron chi connectivity index (χ3n) is 4.21. The Bertz CT molecular complexity index is 623. The van der Waals surface area contributed by atoms with Crippen molar-refractivity contribution in [3.05, 3.63) is 57.8 Å². The van der Waals surface area contributed by atoms with Crippen molar-refractivity contribution in [1.29, 1.82) is 0 Å². The number of carbonyl (C=O) groups is 1. The second kappa shape index (κ2) is 6.00. The standard InChI is InChI=1S/C17H19NO2S/c1-2-14(12-6-4-3-5-7-12)18-10-8-15-13(9-11-21-15)16(18)17(19)20/h3-7,9,11,14,16H,2,8,10H2,1H3,(H,19,20). The van der Waals surface area contributed by atoms with E-state index in [2.05, 4.69) is 24.0 Å². The van der Waals surface area contributed by atoms with Gasteiger partial charge in [-0.05, 0) is 35.4 Å². The predicted molar refractivity (Wildman–Crippen MR) is 84.6 cm³/mol. The first-order valence-electron chi connectivity index (χ1n) is 7.32. The van der Waals surface area contributed by atoms with Gasteiger partial charge in [0.1, 0.15) is 6.04 Å². The van der Waals surface area contributed by atoms with Gasteiger partial charge in [-0.1, -0.05) is 37.3 Å². The molecule has 21 heavy (non-hydrogen) atoms. The van der Waals surface area contributed by atoms with Crippen molar-refractivity contribution in [3.8, 4) is 0 Å². The van der Waals surface area contributed by atoms with Gasteiger partial charge in [0.15, 0.2) is 0 Å². The van der Waals surface area contributed by atoms with Gasteiger partial charge in [0, 0.05) is 17.5 Å². The highest BCUT2D eigenvalue weighted by Crippen LogP contribution is 2.39. The van der Waals surface area contributed by atoms with Crippen LogP contribution >= 0.6 is 11.3 Å². The maximum Gasteiger partial charge on any atom is 0.325 e. The zero-order chi connectivity index (χ0) is 14.8. The number of hydrogen-bond donors (Lipinski definition) is 1. The van der Waals surface area contributed by atoms with Crippen LogP contribution in [0.15, 0.2) is 41.8 Å². The average Bonchev–Trinajstić information content (AvgIpc) is 2.97. The first-order valence-corrected chi connectivity index (χ1v) is 8.20. The summed E-state index contributed by atoms with van der Waals surface area (Å²) in [4.78, 5) is 15.2. The van der Waals surface area contributed by atoms with E-state index in [0.717, 1.165) is 24.9 Å². The van der Waals surface area contributed by atoms with Gasteiger partial charge >= 0.3 is 5.97 Å². The lowest BCUT2D eigenvalue weighted by molar-refractivity contribution is -0.145. The van der Waals surface area contributed by atoms with Crippen LogP contribution in [0.2, 0.25) is 0 Å². The molecule has 0 radical (unpaired) electrons. The number of thiophene rings is 1. The summed E-state index contributed by atoms with van der Waals surface area (Å²) < 4.78 is 0. The number of fused-ring (bicyclic) bond motifs is 1. The third-order valence-corrected chi connectivity index (χ3v) is 5.20. The molecule has 0 saturated carbocycles. The van der Waals surface area contributed by atoms with Crippen molar-refractivity contribution in [2.24, 2.45) is 0 Å². The van der Waals surface area contributed by atoms with Crippen LogP contribution in [-0.2, 0) is 11.2 Å². The summed E-state index contributed by atoms with van der Waals surface area (Å²) in [6, 6.07) is 11.8. The summed E-state index contributed by atoms with van der Waals surface area (Å²) in [7, 11) is 0. The molecule has 0 saturated heterocycles. The molecule has 3 nitrogen and oxygen atoms in total. The minimum absolute atomic E-state index is 0.153. The fourth-order valence-electron chi connectivity index (χ4n) is 3.28. The van der Waals surface area contributed by atoms with Crippen LogP contribution in [0.1, 0.15) is 41.4 Å². The molecule has 2 aromatic rings. The number of nitrogens with zero attached hydrogens (tertiary/aromatic N) is 1. The van der Waals surface area contributed by atoms with Crippen molar-refractivity contribution >= 4 is 17.3 Å². The Labute approximate surface area is 128 Å². The second-order valence-electron chi connectivity index (χ2n) is 5.36. The van der Waals surface area contributed by atoms with Crippen LogP contribution in [0.4, 0.5) is 0 Å². The van der Waals surface area contributed by atoms with Gasteiger partial charge in [0.25, 0.3) is 0 Å². The topological polar surface area (TPSA) is 40.5 Å². The Morgan fingerprint density at radius 1 is 1.38 bits per heavy atom. The lowest BCUT2D eigenvalue weighted by Crippen LogP contribution is -2.41. The van der Waals surface area contributed by atoms with Gasteiger partial charge < -0.3 is 5.11 Å². The van der Waals surface area contributed by atoms with Crippen LogP contribution in [0, 0.1) is 0 Å². The Hall–Kier alpha value is -1.65. The molecular weight excluding hydrogens is 282 g/mol. The van der Waals surface area contributed by atoms with Gasteiger partial charge in [-0.25, -0.2) is 0 Å². The highest BCUT2D eigenvalue weighted by Gasteiger charge is 2.37. The van der Waals surface area contributed by atoms with E-state index in [-0.39, 0.29) is 6.04 Å². The highest BCUT2D eigenvalue weighted by molar-refractivity contribution is 7.10. The summed E-state index contributed by atoms with van der Waals surface area (Å²) in [5, 5.41) is 11.7. The van der Waals surface area contributed by atoms with Gasteiger partial charge in [0.2, 0.25) is 0 Å². The molecular formula is C17H19NO2S. The van der Waals surface area contributed by atoms with E-state index in [1.165, 1.54) is 10.4 Å². The van der Waals surface area contributed by atoms with E-state index in [9.17, 15) is 9.90 Å². The zero-order valence-corrected chi connectivity index (χ0v) is 12.8. The fourth-order valence-corrected chi connectivity index (χ4v) is 4.19. The molecule has 0 aliphatic carbocycles. The number of hydrogen-bond acceptors (Lipinski definition) is 3. The molecule has 1 aromatic carbocycles. The molecule has 4 heteroatoms. The smallest absolute Gasteiger partial charge is 0.325 e. The number of benzene rings is 1. The molecule has 2 atom stereocenters. The molecule has 1 aromatic heterocycles. The van der Waals surface area contributed by atoms with Crippen molar-refractivity contribution in [2.75, 3.05) is 6.54 Å². The summed E-state index contributed by atoms with van der Waals surface area (Å²) >= 11 is 1.67. The van der Waals surface area contributed by atoms with Gasteiger partial charge in [0.05, 0.1) is 0 Å². The zero-order valence-electron chi connectivity index (χ0n) is 12.0. The Balaban J connectivity index is 1.98. The lowest BCUT2D eigenvalue weighted by Gasteiger charge is -2.39. The molecule has 1 aliphatic heterocycles. The largest absolute Gasteiger partial charge is 0.480 e. The average molecular weight is 301 g/mol. The van der Waals surface area contributed by atoms with E-state index in [1.807, 2.05) is 29.6 Å². The Morgan fingerprint density at radius 2 is 2.14 bits per heavy atom. The third kappa shape index (κ3) is 2.61. The maximum absolute atomic E-state index is 11.8. The maximum atomic E-state index is 11.8. The van der Waals surface area contributed by atoms with E-state index in [1.54, 1.807) is 11.3 Å². The summed E-state index contributed by atoms with van der Waals surface area (Å²) in [5.41, 5.74) is 2.18. The molecule has 110 valence electrons. The normalized spacial score (nSPS) is 20.0. The number of carboxylic acids is 1. The van der Waals surface area contributed by atoms with E-state index >= 15 is 0 Å². The number of carboxylic acid groups (broad SMARTS) is 1. The monoisotopic (exact) mass is 301 g/mol. The molecule has 0 bridgehead atoms. The number of rotatable bonds is 4. The molecule has 2 heterocycles. The fraction of sp³-hybridized carbons (Fsp3) is 0.353. The molecule has 2 unspecified atom stereocenters. The highest BCUT2D eigenvalue weighted by atomic mass is 32.1. The van der Waals surface area contributed by atoms with Crippen molar-refractivity contribution in [1.82, 2.24) is 4.90 Å². The molecule has 1 N–H and O–H groups in total. The van der Waals surface area contributed by atoms with Crippen LogP contribution < -0.4 is 0 Å². The SMILES string of the molecule is CCC(c1ccccc1)N1CCc2sccc2C1C(=O)O.